The topological polar surface area (TPSA) is 0 Å². The zero-order valence-corrected chi connectivity index (χ0v) is 18.0. The first-order chi connectivity index (χ1) is 15.0. The van der Waals surface area contributed by atoms with Crippen molar-refractivity contribution in [3.05, 3.63) is 89.3 Å². The molecule has 4 rings (SSSR count). The number of hydrogen-bond acceptors (Lipinski definition) is 0. The van der Waals surface area contributed by atoms with Gasteiger partial charge in [-0.15, -0.1) is 0 Å². The van der Waals surface area contributed by atoms with Gasteiger partial charge in [0.25, 0.3) is 0 Å². The van der Waals surface area contributed by atoms with Crippen LogP contribution in [-0.4, -0.2) is 0 Å². The van der Waals surface area contributed by atoms with Crippen LogP contribution in [0.5, 0.6) is 0 Å². The van der Waals surface area contributed by atoms with Crippen LogP contribution in [0.3, 0.4) is 0 Å². The summed E-state index contributed by atoms with van der Waals surface area (Å²) < 4.78 is 43.1. The molecule has 160 valence electrons. The summed E-state index contributed by atoms with van der Waals surface area (Å²) in [6, 6.07) is 15.4. The molecule has 1 unspecified atom stereocenters. The highest BCUT2D eigenvalue weighted by Gasteiger charge is 2.17. The van der Waals surface area contributed by atoms with Crippen molar-refractivity contribution in [3.8, 4) is 22.3 Å². The van der Waals surface area contributed by atoms with Crippen LogP contribution in [0.25, 0.3) is 27.8 Å². The smallest absolute Gasteiger partial charge is 0.166 e. The van der Waals surface area contributed by atoms with Crippen LogP contribution >= 0.6 is 0 Å². The normalized spacial score (nSPS) is 16.3. The minimum Gasteiger partial charge on any atom is -0.206 e. The summed E-state index contributed by atoms with van der Waals surface area (Å²) in [4.78, 5) is 0. The first kappa shape index (κ1) is 21.4. The van der Waals surface area contributed by atoms with Gasteiger partial charge in [-0.05, 0) is 66.0 Å². The monoisotopic (exact) mass is 420 g/mol. The van der Waals surface area contributed by atoms with Crippen LogP contribution in [0, 0.1) is 30.3 Å². The van der Waals surface area contributed by atoms with Gasteiger partial charge in [-0.2, -0.15) is 0 Å². The van der Waals surface area contributed by atoms with E-state index in [4.69, 9.17) is 0 Å². The minimum absolute atomic E-state index is 0.205. The second kappa shape index (κ2) is 9.13. The molecule has 0 nitrogen and oxygen atoms in total. The van der Waals surface area contributed by atoms with Gasteiger partial charge in [-0.1, -0.05) is 74.4 Å². The van der Waals surface area contributed by atoms with Crippen molar-refractivity contribution < 1.29 is 13.2 Å². The second-order valence-electron chi connectivity index (χ2n) is 8.49. The highest BCUT2D eigenvalue weighted by Crippen LogP contribution is 2.35. The van der Waals surface area contributed by atoms with Crippen LogP contribution in [0.1, 0.15) is 50.2 Å². The summed E-state index contributed by atoms with van der Waals surface area (Å²) in [5.74, 6) is -1.20. The number of allylic oxidation sites excluding steroid dienone is 2. The van der Waals surface area contributed by atoms with Gasteiger partial charge in [0, 0.05) is 11.1 Å². The van der Waals surface area contributed by atoms with Gasteiger partial charge < -0.3 is 0 Å². The average molecular weight is 421 g/mol. The molecule has 0 N–H and O–H groups in total. The summed E-state index contributed by atoms with van der Waals surface area (Å²) in [6.45, 7) is 3.75. The predicted molar refractivity (Wildman–Crippen MR) is 122 cm³/mol. The Labute approximate surface area is 182 Å². The molecule has 1 aliphatic carbocycles. The maximum atomic E-state index is 14.9. The van der Waals surface area contributed by atoms with Crippen LogP contribution < -0.4 is 0 Å². The Bertz CT molecular complexity index is 1110. The molecular formula is C28H27F3. The van der Waals surface area contributed by atoms with E-state index >= 15 is 0 Å². The highest BCUT2D eigenvalue weighted by molar-refractivity contribution is 5.74. The van der Waals surface area contributed by atoms with Gasteiger partial charge in [0.1, 0.15) is 5.82 Å². The van der Waals surface area contributed by atoms with Gasteiger partial charge in [-0.25, -0.2) is 13.2 Å². The zero-order valence-electron chi connectivity index (χ0n) is 18.0. The predicted octanol–water partition coefficient (Wildman–Crippen LogP) is 8.73. The van der Waals surface area contributed by atoms with Gasteiger partial charge in [-0.3, -0.25) is 0 Å². The van der Waals surface area contributed by atoms with E-state index in [9.17, 15) is 13.2 Å². The molecule has 0 saturated carbocycles. The third-order valence-corrected chi connectivity index (χ3v) is 6.34. The Morgan fingerprint density at radius 3 is 2.06 bits per heavy atom. The fraction of sp³-hybridized carbons (Fsp3) is 0.286. The molecule has 0 aliphatic heterocycles. The van der Waals surface area contributed by atoms with E-state index in [1.54, 1.807) is 42.5 Å². The number of aryl methyl sites for hydroxylation is 1. The Balaban J connectivity index is 1.56. The lowest BCUT2D eigenvalue weighted by Gasteiger charge is -2.22. The van der Waals surface area contributed by atoms with Crippen molar-refractivity contribution in [2.45, 2.75) is 46.0 Å². The molecule has 0 heterocycles. The maximum Gasteiger partial charge on any atom is 0.166 e. The largest absolute Gasteiger partial charge is 0.206 e. The first-order valence-corrected chi connectivity index (χ1v) is 11.0. The lowest BCUT2D eigenvalue weighted by molar-refractivity contribution is 0.445. The third-order valence-electron chi connectivity index (χ3n) is 6.34. The molecule has 1 aliphatic rings. The maximum absolute atomic E-state index is 14.9. The van der Waals surface area contributed by atoms with Crippen LogP contribution in [0.15, 0.2) is 60.7 Å². The molecule has 0 amide bonds. The fourth-order valence-electron chi connectivity index (χ4n) is 4.47. The summed E-state index contributed by atoms with van der Waals surface area (Å²) in [5, 5.41) is 0. The van der Waals surface area contributed by atoms with Crippen LogP contribution in [0.2, 0.25) is 0 Å². The molecule has 0 bridgehead atoms. The van der Waals surface area contributed by atoms with Crippen molar-refractivity contribution >= 4 is 5.57 Å². The number of benzene rings is 3. The molecule has 1 atom stereocenters. The zero-order chi connectivity index (χ0) is 22.0. The molecule has 0 saturated heterocycles. The number of halogens is 3. The molecule has 0 radical (unpaired) electrons. The van der Waals surface area contributed by atoms with Gasteiger partial charge in [0.2, 0.25) is 0 Å². The fourth-order valence-corrected chi connectivity index (χ4v) is 4.47. The average Bonchev–Trinajstić information content (AvgIpc) is 2.79. The third kappa shape index (κ3) is 4.46. The summed E-state index contributed by atoms with van der Waals surface area (Å²) in [7, 11) is 0. The van der Waals surface area contributed by atoms with E-state index in [-0.39, 0.29) is 16.9 Å². The molecular weight excluding hydrogens is 393 g/mol. The first-order valence-electron chi connectivity index (χ1n) is 11.0. The molecule has 0 spiro atoms. The van der Waals surface area contributed by atoms with E-state index in [2.05, 4.69) is 13.0 Å². The summed E-state index contributed by atoms with van der Waals surface area (Å²) in [5.41, 5.74) is 4.43. The number of hydrogen-bond donors (Lipinski definition) is 0. The van der Waals surface area contributed by atoms with Gasteiger partial charge in [0.05, 0.1) is 0 Å². The Morgan fingerprint density at radius 1 is 0.806 bits per heavy atom. The SMILES string of the molecule is CCCC1CC=C(c2ccc(-c3ccc(-c4ccc(C)c(F)c4F)cc3)c(F)c2)CC1. The van der Waals surface area contributed by atoms with Crippen molar-refractivity contribution in [2.24, 2.45) is 5.92 Å². The lowest BCUT2D eigenvalue weighted by Crippen LogP contribution is -2.05. The van der Waals surface area contributed by atoms with Crippen LogP contribution in [-0.2, 0) is 0 Å². The second-order valence-corrected chi connectivity index (χ2v) is 8.49. The van der Waals surface area contributed by atoms with Crippen molar-refractivity contribution in [1.82, 2.24) is 0 Å². The lowest BCUT2D eigenvalue weighted by atomic mass is 9.84. The molecule has 31 heavy (non-hydrogen) atoms. The Hall–Kier alpha value is -2.81. The molecule has 0 aromatic heterocycles. The van der Waals surface area contributed by atoms with Crippen molar-refractivity contribution in [2.75, 3.05) is 0 Å². The molecule has 3 aromatic rings. The quantitative estimate of drug-likeness (QED) is 0.387. The van der Waals surface area contributed by atoms with Crippen LogP contribution in [0.4, 0.5) is 13.2 Å². The van der Waals surface area contributed by atoms with Gasteiger partial charge >= 0.3 is 0 Å². The van der Waals surface area contributed by atoms with Crippen molar-refractivity contribution in [3.63, 3.8) is 0 Å². The molecule has 3 heteroatoms. The van der Waals surface area contributed by atoms with Gasteiger partial charge in [0.15, 0.2) is 11.6 Å². The standard InChI is InChI=1S/C28H27F3/c1-3-4-19-6-8-20(9-7-19)23-14-16-24(26(29)17-23)21-10-12-22(13-11-21)25-15-5-18(2)27(30)28(25)31/h5,8,10-17,19H,3-4,6-7,9H2,1-2H3. The molecule has 3 aromatic carbocycles. The minimum atomic E-state index is -0.856. The van der Waals surface area contributed by atoms with E-state index < -0.39 is 11.6 Å². The number of rotatable bonds is 5. The highest BCUT2D eigenvalue weighted by atomic mass is 19.2. The Kier molecular flexibility index (Phi) is 6.31. The van der Waals surface area contributed by atoms with E-state index in [1.807, 2.05) is 12.1 Å². The van der Waals surface area contributed by atoms with E-state index in [0.717, 1.165) is 24.3 Å². The summed E-state index contributed by atoms with van der Waals surface area (Å²) >= 11 is 0. The van der Waals surface area contributed by atoms with Crippen molar-refractivity contribution in [1.29, 1.82) is 0 Å². The van der Waals surface area contributed by atoms with E-state index in [1.165, 1.54) is 31.8 Å². The molecule has 0 fully saturated rings. The van der Waals surface area contributed by atoms with E-state index in [0.29, 0.717) is 16.7 Å². The summed E-state index contributed by atoms with van der Waals surface area (Å²) in [6.07, 6.45) is 7.97. The Morgan fingerprint density at radius 2 is 1.45 bits per heavy atom.